The van der Waals surface area contributed by atoms with Gasteiger partial charge in [-0.25, -0.2) is 13.8 Å². The summed E-state index contributed by atoms with van der Waals surface area (Å²) in [4.78, 5) is 3.68. The Balaban J connectivity index is 3.37. The lowest BCUT2D eigenvalue weighted by Gasteiger charge is -2.14. The van der Waals surface area contributed by atoms with E-state index < -0.39 is 6.43 Å². The Bertz CT molecular complexity index is 345. The molecule has 1 rings (SSSR count). The van der Waals surface area contributed by atoms with Crippen molar-refractivity contribution in [2.75, 3.05) is 7.11 Å². The predicted octanol–water partition coefficient (Wildman–Crippen LogP) is 0.979. The van der Waals surface area contributed by atoms with E-state index in [1.54, 1.807) is 0 Å². The van der Waals surface area contributed by atoms with Gasteiger partial charge in [-0.2, -0.15) is 0 Å². The smallest absolute Gasteiger partial charge is 0.269 e. The number of ether oxygens (including phenoxy) is 1. The summed E-state index contributed by atoms with van der Waals surface area (Å²) in [6, 6.07) is 0. The van der Waals surface area contributed by atoms with Gasteiger partial charge in [0.05, 0.1) is 19.3 Å². The normalized spacial score (nSPS) is 10.8. The van der Waals surface area contributed by atoms with E-state index in [9.17, 15) is 8.78 Å². The number of pyridine rings is 1. The first-order chi connectivity index (χ1) is 7.15. The van der Waals surface area contributed by atoms with Crippen LogP contribution in [0.4, 0.5) is 8.78 Å². The number of aliphatic hydroxyl groups is 1. The Hall–Kier alpha value is -1.27. The molecule has 3 N–H and O–H groups in total. The van der Waals surface area contributed by atoms with E-state index in [-0.39, 0.29) is 30.2 Å². The summed E-state index contributed by atoms with van der Waals surface area (Å²) in [5, 5.41) is 8.94. The average Bonchev–Trinajstić information content (AvgIpc) is 2.26. The molecule has 84 valence electrons. The molecule has 15 heavy (non-hydrogen) atoms. The van der Waals surface area contributed by atoms with E-state index in [0.717, 1.165) is 0 Å². The van der Waals surface area contributed by atoms with Crippen molar-refractivity contribution in [2.24, 2.45) is 5.73 Å². The molecule has 0 aromatic carbocycles. The maximum atomic E-state index is 12.7. The molecule has 0 aliphatic carbocycles. The molecule has 1 aromatic heterocycles. The van der Waals surface area contributed by atoms with Crippen LogP contribution in [0.1, 0.15) is 23.1 Å². The van der Waals surface area contributed by atoms with E-state index >= 15 is 0 Å². The number of hydrogen-bond acceptors (Lipinski definition) is 4. The number of hydrogen-bond donors (Lipinski definition) is 2. The maximum absolute atomic E-state index is 12.7. The minimum absolute atomic E-state index is 0.0888. The van der Waals surface area contributed by atoms with Crippen molar-refractivity contribution < 1.29 is 18.6 Å². The standard InChI is InChI=1S/C9H12F2N2O2/c1-15-9-7(8(10)11)6(2-12)5(4-14)3-13-9/h3,8,14H,2,4,12H2,1H3. The van der Waals surface area contributed by atoms with Crippen LogP contribution in [0.15, 0.2) is 6.20 Å². The second-order valence-corrected chi connectivity index (χ2v) is 2.85. The van der Waals surface area contributed by atoms with Crippen molar-refractivity contribution in [3.05, 3.63) is 22.9 Å². The summed E-state index contributed by atoms with van der Waals surface area (Å²) < 4.78 is 30.2. The highest BCUT2D eigenvalue weighted by atomic mass is 19.3. The van der Waals surface area contributed by atoms with Crippen molar-refractivity contribution >= 4 is 0 Å². The fourth-order valence-corrected chi connectivity index (χ4v) is 1.35. The molecule has 0 aliphatic rings. The lowest BCUT2D eigenvalue weighted by Crippen LogP contribution is -2.10. The first kappa shape index (κ1) is 11.8. The van der Waals surface area contributed by atoms with Crippen LogP contribution < -0.4 is 10.5 Å². The summed E-state index contributed by atoms with van der Waals surface area (Å²) in [7, 11) is 1.26. The van der Waals surface area contributed by atoms with Gasteiger partial charge in [0.2, 0.25) is 5.88 Å². The first-order valence-electron chi connectivity index (χ1n) is 4.29. The van der Waals surface area contributed by atoms with Crippen molar-refractivity contribution in [3.63, 3.8) is 0 Å². The van der Waals surface area contributed by atoms with Crippen molar-refractivity contribution in [1.29, 1.82) is 0 Å². The third-order valence-electron chi connectivity index (χ3n) is 2.07. The summed E-state index contributed by atoms with van der Waals surface area (Å²) in [5.41, 5.74) is 5.51. The SMILES string of the molecule is COc1ncc(CO)c(CN)c1C(F)F. The summed E-state index contributed by atoms with van der Waals surface area (Å²) in [5.74, 6) is -0.150. The molecule has 0 bridgehead atoms. The quantitative estimate of drug-likeness (QED) is 0.790. The highest BCUT2D eigenvalue weighted by Gasteiger charge is 2.21. The van der Waals surface area contributed by atoms with E-state index in [1.165, 1.54) is 13.3 Å². The summed E-state index contributed by atoms with van der Waals surface area (Å²) in [6.07, 6.45) is -1.44. The lowest BCUT2D eigenvalue weighted by molar-refractivity contribution is 0.144. The number of aliphatic hydroxyl groups excluding tert-OH is 1. The molecule has 0 spiro atoms. The minimum atomic E-state index is -2.72. The highest BCUT2D eigenvalue weighted by Crippen LogP contribution is 2.32. The molecular formula is C9H12F2N2O2. The molecule has 0 aliphatic heterocycles. The van der Waals surface area contributed by atoms with Crippen LogP contribution in [0.25, 0.3) is 0 Å². The van der Waals surface area contributed by atoms with Crippen molar-refractivity contribution in [1.82, 2.24) is 4.98 Å². The zero-order valence-corrected chi connectivity index (χ0v) is 8.20. The van der Waals surface area contributed by atoms with Gasteiger partial charge in [-0.1, -0.05) is 0 Å². The number of methoxy groups -OCH3 is 1. The summed E-state index contributed by atoms with van der Waals surface area (Å²) in [6.45, 7) is -0.461. The number of rotatable bonds is 4. The van der Waals surface area contributed by atoms with Crippen LogP contribution in [0.3, 0.4) is 0 Å². The fraction of sp³-hybridized carbons (Fsp3) is 0.444. The highest BCUT2D eigenvalue weighted by molar-refractivity contribution is 5.40. The number of alkyl halides is 2. The predicted molar refractivity (Wildman–Crippen MR) is 49.6 cm³/mol. The van der Waals surface area contributed by atoms with Crippen LogP contribution in [-0.2, 0) is 13.2 Å². The topological polar surface area (TPSA) is 68.4 Å². The Labute approximate surface area is 85.7 Å². The van der Waals surface area contributed by atoms with Gasteiger partial charge in [0, 0.05) is 18.3 Å². The zero-order chi connectivity index (χ0) is 11.4. The van der Waals surface area contributed by atoms with Crippen molar-refractivity contribution in [2.45, 2.75) is 19.6 Å². The number of halogens is 2. The van der Waals surface area contributed by atoms with Gasteiger partial charge < -0.3 is 15.6 Å². The van der Waals surface area contributed by atoms with E-state index in [2.05, 4.69) is 4.98 Å². The van der Waals surface area contributed by atoms with Gasteiger partial charge >= 0.3 is 0 Å². The minimum Gasteiger partial charge on any atom is -0.481 e. The Kier molecular flexibility index (Phi) is 3.93. The van der Waals surface area contributed by atoms with Gasteiger partial charge in [0.1, 0.15) is 0 Å². The third-order valence-corrected chi connectivity index (χ3v) is 2.07. The van der Waals surface area contributed by atoms with E-state index in [1.807, 2.05) is 0 Å². The molecule has 1 aromatic rings. The molecule has 0 fully saturated rings. The van der Waals surface area contributed by atoms with Gasteiger partial charge in [0.25, 0.3) is 6.43 Å². The molecule has 0 atom stereocenters. The monoisotopic (exact) mass is 218 g/mol. The fourth-order valence-electron chi connectivity index (χ4n) is 1.35. The molecule has 0 saturated heterocycles. The Morgan fingerprint density at radius 2 is 2.27 bits per heavy atom. The van der Waals surface area contributed by atoms with Crippen LogP contribution in [0.5, 0.6) is 5.88 Å². The van der Waals surface area contributed by atoms with E-state index in [0.29, 0.717) is 5.56 Å². The van der Waals surface area contributed by atoms with E-state index in [4.69, 9.17) is 15.6 Å². The largest absolute Gasteiger partial charge is 0.481 e. The van der Waals surface area contributed by atoms with Gasteiger partial charge in [-0.15, -0.1) is 0 Å². The first-order valence-corrected chi connectivity index (χ1v) is 4.29. The number of nitrogens with zero attached hydrogens (tertiary/aromatic N) is 1. The Morgan fingerprint density at radius 1 is 1.60 bits per heavy atom. The number of nitrogens with two attached hydrogens (primary N) is 1. The molecule has 0 radical (unpaired) electrons. The lowest BCUT2D eigenvalue weighted by atomic mass is 10.0. The second kappa shape index (κ2) is 4.99. The Morgan fingerprint density at radius 3 is 2.67 bits per heavy atom. The molecule has 0 unspecified atom stereocenters. The van der Waals surface area contributed by atoms with Crippen LogP contribution in [0, 0.1) is 0 Å². The average molecular weight is 218 g/mol. The summed E-state index contributed by atoms with van der Waals surface area (Å²) >= 11 is 0. The third kappa shape index (κ3) is 2.21. The van der Waals surface area contributed by atoms with Gasteiger partial charge in [-0.3, -0.25) is 0 Å². The van der Waals surface area contributed by atoms with Crippen LogP contribution >= 0.6 is 0 Å². The van der Waals surface area contributed by atoms with Crippen LogP contribution in [0.2, 0.25) is 0 Å². The van der Waals surface area contributed by atoms with Gasteiger partial charge in [-0.05, 0) is 5.56 Å². The van der Waals surface area contributed by atoms with Crippen molar-refractivity contribution in [3.8, 4) is 5.88 Å². The van der Waals surface area contributed by atoms with Crippen LogP contribution in [-0.4, -0.2) is 17.2 Å². The molecule has 0 saturated carbocycles. The molecule has 1 heterocycles. The molecule has 6 heteroatoms. The van der Waals surface area contributed by atoms with Gasteiger partial charge in [0.15, 0.2) is 0 Å². The maximum Gasteiger partial charge on any atom is 0.269 e. The number of aromatic nitrogens is 1. The second-order valence-electron chi connectivity index (χ2n) is 2.85. The zero-order valence-electron chi connectivity index (χ0n) is 8.20. The molecule has 4 nitrogen and oxygen atoms in total. The molecular weight excluding hydrogens is 206 g/mol. The molecule has 0 amide bonds.